The zero-order chi connectivity index (χ0) is 6.69. The summed E-state index contributed by atoms with van der Waals surface area (Å²) in [5, 5.41) is 3.24. The molecular weight excluding hydrogens is 182 g/mol. The summed E-state index contributed by atoms with van der Waals surface area (Å²) in [4.78, 5) is 10.6. The lowest BCUT2D eigenvalue weighted by Gasteiger charge is -1.98. The fourth-order valence-corrected chi connectivity index (χ4v) is 0.826. The predicted molar refractivity (Wildman–Crippen MR) is 39.5 cm³/mol. The first kappa shape index (κ1) is 7.06. The smallest absolute Gasteiger partial charge is 0.230 e. The quantitative estimate of drug-likeness (QED) is 0.661. The molecule has 0 atom stereocenters. The molecule has 1 aliphatic carbocycles. The molecule has 0 unspecified atom stereocenters. The maximum absolute atomic E-state index is 10.6. The minimum Gasteiger partial charge on any atom is -0.355 e. The highest BCUT2D eigenvalue weighted by Crippen LogP contribution is 2.27. The molecule has 0 aliphatic heterocycles. The van der Waals surface area contributed by atoms with Crippen LogP contribution in [0.5, 0.6) is 0 Å². The van der Waals surface area contributed by atoms with Crippen LogP contribution < -0.4 is 5.32 Å². The Bertz CT molecular complexity index is 112. The number of hydrogen-bond acceptors (Lipinski definition) is 1. The van der Waals surface area contributed by atoms with Crippen LogP contribution in [0.15, 0.2) is 0 Å². The van der Waals surface area contributed by atoms with E-state index in [9.17, 15) is 4.79 Å². The van der Waals surface area contributed by atoms with Gasteiger partial charge in [-0.25, -0.2) is 0 Å². The lowest BCUT2D eigenvalue weighted by molar-refractivity contribution is -0.118. The second-order valence-corrected chi connectivity index (χ2v) is 2.94. The van der Waals surface area contributed by atoms with Crippen molar-refractivity contribution in [3.63, 3.8) is 0 Å². The highest BCUT2D eigenvalue weighted by Gasteiger charge is 2.21. The molecule has 0 aromatic heterocycles. The highest BCUT2D eigenvalue weighted by molar-refractivity contribution is 9.09. The van der Waals surface area contributed by atoms with E-state index < -0.39 is 0 Å². The van der Waals surface area contributed by atoms with Crippen LogP contribution in [0.25, 0.3) is 0 Å². The Kier molecular flexibility index (Phi) is 2.51. The van der Waals surface area contributed by atoms with Gasteiger partial charge in [-0.2, -0.15) is 0 Å². The second-order valence-electron chi connectivity index (χ2n) is 2.38. The van der Waals surface area contributed by atoms with Gasteiger partial charge in [0.05, 0.1) is 5.33 Å². The molecule has 0 spiro atoms. The summed E-state index contributed by atoms with van der Waals surface area (Å²) in [7, 11) is 0. The summed E-state index contributed by atoms with van der Waals surface area (Å²) < 4.78 is 0. The first-order valence-electron chi connectivity index (χ1n) is 3.15. The van der Waals surface area contributed by atoms with E-state index in [0.717, 1.165) is 12.5 Å². The minimum atomic E-state index is 0.0990. The SMILES string of the molecule is O=C(CBr)NCC1CC1. The summed E-state index contributed by atoms with van der Waals surface area (Å²) in [5.74, 6) is 0.884. The van der Waals surface area contributed by atoms with Crippen molar-refractivity contribution in [3.8, 4) is 0 Å². The summed E-state index contributed by atoms with van der Waals surface area (Å²) in [5.41, 5.74) is 0. The number of amides is 1. The van der Waals surface area contributed by atoms with E-state index in [1.165, 1.54) is 12.8 Å². The number of carbonyl (C=O) groups is 1. The zero-order valence-corrected chi connectivity index (χ0v) is 6.78. The first-order chi connectivity index (χ1) is 4.33. The lowest BCUT2D eigenvalue weighted by atomic mass is 10.4. The molecule has 52 valence electrons. The molecule has 1 aliphatic rings. The Morgan fingerprint density at radius 3 is 2.78 bits per heavy atom. The van der Waals surface area contributed by atoms with Crippen LogP contribution in [0, 0.1) is 5.92 Å². The minimum absolute atomic E-state index is 0.0990. The Morgan fingerprint density at radius 1 is 1.67 bits per heavy atom. The largest absolute Gasteiger partial charge is 0.355 e. The number of halogens is 1. The molecule has 1 amide bonds. The van der Waals surface area contributed by atoms with Crippen molar-refractivity contribution in [3.05, 3.63) is 0 Å². The van der Waals surface area contributed by atoms with Gasteiger partial charge in [0, 0.05) is 6.54 Å². The molecule has 0 aromatic carbocycles. The van der Waals surface area contributed by atoms with Crippen LogP contribution in [0.1, 0.15) is 12.8 Å². The van der Waals surface area contributed by atoms with Crippen LogP contribution in [0.3, 0.4) is 0 Å². The maximum Gasteiger partial charge on any atom is 0.230 e. The molecule has 3 heteroatoms. The van der Waals surface area contributed by atoms with Crippen LogP contribution >= 0.6 is 15.9 Å². The van der Waals surface area contributed by atoms with Gasteiger partial charge in [0.1, 0.15) is 0 Å². The van der Waals surface area contributed by atoms with Gasteiger partial charge >= 0.3 is 0 Å². The molecule has 1 N–H and O–H groups in total. The van der Waals surface area contributed by atoms with Crippen molar-refractivity contribution in [2.75, 3.05) is 11.9 Å². The lowest BCUT2D eigenvalue weighted by Crippen LogP contribution is -2.26. The maximum atomic E-state index is 10.6. The third-order valence-corrected chi connectivity index (χ3v) is 1.92. The zero-order valence-electron chi connectivity index (χ0n) is 5.19. The normalized spacial score (nSPS) is 17.4. The summed E-state index contributed by atoms with van der Waals surface area (Å²) in [6.07, 6.45) is 2.59. The van der Waals surface area contributed by atoms with E-state index in [4.69, 9.17) is 0 Å². The van der Waals surface area contributed by atoms with Gasteiger partial charge in [-0.15, -0.1) is 0 Å². The molecule has 0 aromatic rings. The Labute approximate surface area is 63.1 Å². The van der Waals surface area contributed by atoms with Crippen molar-refractivity contribution in [2.45, 2.75) is 12.8 Å². The van der Waals surface area contributed by atoms with Gasteiger partial charge in [0.15, 0.2) is 0 Å². The average Bonchev–Trinajstić information content (AvgIpc) is 2.65. The molecular formula is C6H10BrNO. The van der Waals surface area contributed by atoms with Crippen LogP contribution in [0.2, 0.25) is 0 Å². The Morgan fingerprint density at radius 2 is 2.33 bits per heavy atom. The number of carbonyl (C=O) groups excluding carboxylic acids is 1. The van der Waals surface area contributed by atoms with Gasteiger partial charge in [-0.05, 0) is 18.8 Å². The van der Waals surface area contributed by atoms with E-state index in [2.05, 4.69) is 21.2 Å². The molecule has 0 heterocycles. The molecule has 1 saturated carbocycles. The summed E-state index contributed by atoms with van der Waals surface area (Å²) in [6.45, 7) is 0.879. The number of rotatable bonds is 3. The van der Waals surface area contributed by atoms with Crippen molar-refractivity contribution in [1.29, 1.82) is 0 Å². The van der Waals surface area contributed by atoms with Gasteiger partial charge in [-0.3, -0.25) is 4.79 Å². The van der Waals surface area contributed by atoms with Gasteiger partial charge in [0.25, 0.3) is 0 Å². The fourth-order valence-electron chi connectivity index (χ4n) is 0.627. The predicted octanol–water partition coefficient (Wildman–Crippen LogP) is 0.907. The third-order valence-electron chi connectivity index (χ3n) is 1.41. The monoisotopic (exact) mass is 191 g/mol. The van der Waals surface area contributed by atoms with Crippen LogP contribution in [-0.4, -0.2) is 17.8 Å². The average molecular weight is 192 g/mol. The number of hydrogen-bond donors (Lipinski definition) is 1. The van der Waals surface area contributed by atoms with Crippen LogP contribution in [0.4, 0.5) is 0 Å². The van der Waals surface area contributed by atoms with E-state index in [1.54, 1.807) is 0 Å². The van der Waals surface area contributed by atoms with Gasteiger partial charge < -0.3 is 5.32 Å². The Hall–Kier alpha value is -0.0500. The number of alkyl halides is 1. The first-order valence-corrected chi connectivity index (χ1v) is 4.27. The van der Waals surface area contributed by atoms with Gasteiger partial charge in [-0.1, -0.05) is 15.9 Å². The van der Waals surface area contributed by atoms with E-state index in [1.807, 2.05) is 0 Å². The second kappa shape index (κ2) is 3.20. The van der Waals surface area contributed by atoms with Crippen molar-refractivity contribution in [2.24, 2.45) is 5.92 Å². The van der Waals surface area contributed by atoms with Crippen LogP contribution in [-0.2, 0) is 4.79 Å². The van der Waals surface area contributed by atoms with E-state index in [-0.39, 0.29) is 5.91 Å². The molecule has 0 bridgehead atoms. The Balaban J connectivity index is 1.96. The van der Waals surface area contributed by atoms with Crippen molar-refractivity contribution in [1.82, 2.24) is 5.32 Å². The molecule has 0 saturated heterocycles. The summed E-state index contributed by atoms with van der Waals surface area (Å²) >= 11 is 3.07. The summed E-state index contributed by atoms with van der Waals surface area (Å²) in [6, 6.07) is 0. The standard InChI is InChI=1S/C6H10BrNO/c7-3-6(9)8-4-5-1-2-5/h5H,1-4H2,(H,8,9). The molecule has 9 heavy (non-hydrogen) atoms. The van der Waals surface area contributed by atoms with Gasteiger partial charge in [0.2, 0.25) is 5.91 Å². The topological polar surface area (TPSA) is 29.1 Å². The molecule has 0 radical (unpaired) electrons. The van der Waals surface area contributed by atoms with Crippen molar-refractivity contribution >= 4 is 21.8 Å². The highest BCUT2D eigenvalue weighted by atomic mass is 79.9. The molecule has 2 nitrogen and oxygen atoms in total. The van der Waals surface area contributed by atoms with E-state index >= 15 is 0 Å². The molecule has 1 rings (SSSR count). The third kappa shape index (κ3) is 2.84. The van der Waals surface area contributed by atoms with E-state index in [0.29, 0.717) is 5.33 Å². The molecule has 1 fully saturated rings. The van der Waals surface area contributed by atoms with Crippen molar-refractivity contribution < 1.29 is 4.79 Å². The fraction of sp³-hybridized carbons (Fsp3) is 0.833. The number of nitrogens with one attached hydrogen (secondary N) is 1.